The Kier molecular flexibility index (Phi) is 15.4. The second kappa shape index (κ2) is 25.0. The van der Waals surface area contributed by atoms with Gasteiger partial charge in [-0.15, -0.1) is 0 Å². The van der Waals surface area contributed by atoms with Crippen molar-refractivity contribution in [2.24, 2.45) is 0 Å². The normalized spacial score (nSPS) is 14.8. The molecule has 13 heteroatoms. The molecule has 2 aliphatic rings. The Morgan fingerprint density at radius 1 is 0.291 bits per heavy atom. The molecule has 0 aliphatic heterocycles. The van der Waals surface area contributed by atoms with E-state index < -0.39 is 57.4 Å². The van der Waals surface area contributed by atoms with Crippen LogP contribution >= 0.6 is 0 Å². The van der Waals surface area contributed by atoms with Gasteiger partial charge in [0, 0.05) is 46.0 Å². The average molecular weight is 1360 g/mol. The third kappa shape index (κ3) is 10.2. The predicted molar refractivity (Wildman–Crippen MR) is 391 cm³/mol. The molecule has 0 amide bonds. The van der Waals surface area contributed by atoms with Gasteiger partial charge >= 0.3 is 0 Å². The first kappa shape index (κ1) is 63.4. The zero-order chi connectivity index (χ0) is 70.4. The van der Waals surface area contributed by atoms with Crippen LogP contribution in [0.15, 0.2) is 309 Å². The molecule has 17 rings (SSSR count). The Morgan fingerprint density at radius 3 is 0.990 bits per heavy atom. The summed E-state index contributed by atoms with van der Waals surface area (Å²) in [6.45, 7) is 7.70. The van der Waals surface area contributed by atoms with E-state index >= 15 is 35.1 Å². The summed E-state index contributed by atoms with van der Waals surface area (Å²) in [5, 5.41) is 0.788. The quantitative estimate of drug-likeness (QED) is 0.0902. The third-order valence-corrected chi connectivity index (χ3v) is 19.8. The zero-order valence-corrected chi connectivity index (χ0v) is 54.4. The van der Waals surface area contributed by atoms with E-state index in [0.717, 1.165) is 35.4 Å². The number of ether oxygens (including phenoxy) is 2. The Labute approximate surface area is 586 Å². The van der Waals surface area contributed by atoms with Crippen LogP contribution in [0.2, 0.25) is 0 Å². The molecule has 1 aromatic heterocycles. The number of furan rings is 1. The largest absolute Gasteiger partial charge is 0.457 e. The summed E-state index contributed by atoms with van der Waals surface area (Å²) in [5.74, 6) is -5.96. The van der Waals surface area contributed by atoms with Crippen molar-refractivity contribution in [1.82, 2.24) is 0 Å². The summed E-state index contributed by atoms with van der Waals surface area (Å²) in [4.78, 5) is 3.41. The third-order valence-electron chi connectivity index (χ3n) is 19.8. The van der Waals surface area contributed by atoms with E-state index in [1.807, 2.05) is 109 Å². The maximum Gasteiger partial charge on any atom is 0.160 e. The second-order valence-electron chi connectivity index (χ2n) is 25.3. The van der Waals surface area contributed by atoms with Crippen molar-refractivity contribution in [3.05, 3.63) is 407 Å². The first-order chi connectivity index (χ1) is 50.2. The molecular weight excluding hydrogens is 1310 g/mol. The number of fused-ring (bicyclic) bond motifs is 9. The maximum atomic E-state index is 17.4. The van der Waals surface area contributed by atoms with E-state index in [2.05, 4.69) is 13.2 Å². The van der Waals surface area contributed by atoms with Crippen LogP contribution in [0.3, 0.4) is 0 Å². The van der Waals surface area contributed by atoms with Gasteiger partial charge in [-0.3, -0.25) is 0 Å². The zero-order valence-electron chi connectivity index (χ0n) is 54.4. The summed E-state index contributed by atoms with van der Waals surface area (Å²) < 4.78 is 153. The predicted octanol–water partition coefficient (Wildman–Crippen LogP) is 25.2. The van der Waals surface area contributed by atoms with Gasteiger partial charge in [0.2, 0.25) is 0 Å². The number of halogens is 8. The lowest BCUT2D eigenvalue weighted by Crippen LogP contribution is -2.31. The van der Waals surface area contributed by atoms with Crippen molar-refractivity contribution in [3.63, 3.8) is 0 Å². The summed E-state index contributed by atoms with van der Waals surface area (Å²) in [6, 6.07) is 79.4. The lowest BCUT2D eigenvalue weighted by Gasteiger charge is -2.35. The van der Waals surface area contributed by atoms with Crippen LogP contribution in [0.25, 0.3) is 56.3 Å². The minimum absolute atomic E-state index is 0.119. The van der Waals surface area contributed by atoms with Crippen molar-refractivity contribution >= 4 is 68.2 Å². The Morgan fingerprint density at radius 2 is 0.621 bits per heavy atom. The molecule has 0 N–H and O–H groups in total. The summed E-state index contributed by atoms with van der Waals surface area (Å²) >= 11 is 0. The van der Waals surface area contributed by atoms with Gasteiger partial charge in [0.1, 0.15) is 57.4 Å². The van der Waals surface area contributed by atoms with E-state index in [-0.39, 0.29) is 22.5 Å². The minimum atomic E-state index is -1.72. The van der Waals surface area contributed by atoms with Gasteiger partial charge in [-0.1, -0.05) is 159 Å². The van der Waals surface area contributed by atoms with E-state index in [0.29, 0.717) is 123 Å². The Hall–Kier alpha value is -13.0. The molecule has 2 unspecified atom stereocenters. The topological polar surface area (TPSA) is 38.1 Å². The van der Waals surface area contributed by atoms with Gasteiger partial charge in [0.25, 0.3) is 0 Å². The SMILES string of the molecule is C=Cc1ccc(Oc2ccc(C3(c4c(F)cccc4F)c4ccccc4-c4ccc(N(c5ccc(F)c(F)c5)c5cccc6oc7cccc(N(c8ccc(F)c(F)c8)c8ccc9c(c8)C(c8ccc(Oc%10ccc(C=C)cc%10)cc8)(c8c(F)cccc8F)c8ccccc8-9)c7c56)cc43)cc2)cc1. The van der Waals surface area contributed by atoms with Crippen molar-refractivity contribution < 1.29 is 49.0 Å². The van der Waals surface area contributed by atoms with Gasteiger partial charge in [-0.05, 0) is 212 Å². The highest BCUT2D eigenvalue weighted by Gasteiger charge is 2.51. The van der Waals surface area contributed by atoms with E-state index in [9.17, 15) is 0 Å². The van der Waals surface area contributed by atoms with Crippen LogP contribution in [-0.2, 0) is 10.8 Å². The fourth-order valence-corrected chi connectivity index (χ4v) is 15.4. The highest BCUT2D eigenvalue weighted by Crippen LogP contribution is 2.61. The molecule has 14 aromatic carbocycles. The molecule has 1 heterocycles. The van der Waals surface area contributed by atoms with Crippen molar-refractivity contribution in [2.45, 2.75) is 10.8 Å². The van der Waals surface area contributed by atoms with Gasteiger partial charge in [-0.25, -0.2) is 35.1 Å². The molecule has 5 nitrogen and oxygen atoms in total. The monoisotopic (exact) mass is 1360 g/mol. The lowest BCUT2D eigenvalue weighted by molar-refractivity contribution is 0.481. The van der Waals surface area contributed by atoms with Crippen LogP contribution < -0.4 is 19.3 Å². The van der Waals surface area contributed by atoms with Gasteiger partial charge in [0.15, 0.2) is 23.3 Å². The number of benzene rings is 14. The van der Waals surface area contributed by atoms with Crippen LogP contribution in [0.4, 0.5) is 69.2 Å². The van der Waals surface area contributed by atoms with Crippen LogP contribution in [-0.4, -0.2) is 0 Å². The molecule has 2 aliphatic carbocycles. The molecule has 0 bridgehead atoms. The van der Waals surface area contributed by atoms with Crippen LogP contribution in [0.1, 0.15) is 55.6 Å². The lowest BCUT2D eigenvalue weighted by atomic mass is 9.67. The number of rotatable bonds is 16. The first-order valence-corrected chi connectivity index (χ1v) is 33.1. The van der Waals surface area contributed by atoms with Crippen molar-refractivity contribution in [2.75, 3.05) is 9.80 Å². The van der Waals surface area contributed by atoms with Gasteiger partial charge < -0.3 is 23.7 Å². The van der Waals surface area contributed by atoms with Crippen molar-refractivity contribution in [1.29, 1.82) is 0 Å². The molecule has 0 saturated heterocycles. The summed E-state index contributed by atoms with van der Waals surface area (Å²) in [7, 11) is 0. The molecule has 0 radical (unpaired) electrons. The number of nitrogens with zero attached hydrogens (tertiary/aromatic N) is 2. The molecule has 0 fully saturated rings. The van der Waals surface area contributed by atoms with E-state index in [4.69, 9.17) is 13.9 Å². The minimum Gasteiger partial charge on any atom is -0.457 e. The highest BCUT2D eigenvalue weighted by atomic mass is 19.2. The van der Waals surface area contributed by atoms with Gasteiger partial charge in [0.05, 0.1) is 33.0 Å². The first-order valence-electron chi connectivity index (χ1n) is 33.1. The smallest absolute Gasteiger partial charge is 0.160 e. The molecule has 15 aromatic rings. The highest BCUT2D eigenvalue weighted by molar-refractivity contribution is 6.19. The number of anilines is 6. The van der Waals surface area contributed by atoms with Crippen LogP contribution in [0.5, 0.6) is 23.0 Å². The molecule has 0 saturated carbocycles. The molecular formula is C90H54F8N2O3. The average Bonchev–Trinajstić information content (AvgIpc) is 1.55. The summed E-state index contributed by atoms with van der Waals surface area (Å²) in [5.41, 5.74) is 5.53. The van der Waals surface area contributed by atoms with E-state index in [1.54, 1.807) is 131 Å². The maximum absolute atomic E-state index is 17.4. The molecule has 2 atom stereocenters. The second-order valence-corrected chi connectivity index (χ2v) is 25.3. The number of hydrogen-bond acceptors (Lipinski definition) is 5. The Bertz CT molecular complexity index is 5540. The fraction of sp³-hybridized carbons (Fsp3) is 0.0222. The van der Waals surface area contributed by atoms with E-state index in [1.165, 1.54) is 48.5 Å². The molecule has 103 heavy (non-hydrogen) atoms. The van der Waals surface area contributed by atoms with Gasteiger partial charge in [-0.2, -0.15) is 0 Å². The molecule has 0 spiro atoms. The number of hydrogen-bond donors (Lipinski definition) is 0. The Balaban J connectivity index is 0.886. The van der Waals surface area contributed by atoms with Crippen LogP contribution in [0, 0.1) is 46.5 Å². The summed E-state index contributed by atoms with van der Waals surface area (Å²) in [6.07, 6.45) is 3.44. The standard InChI is InChI=1S/C90H54F8N2O3/c1-3-53-25-37-61(38-26-53)101-63-41-29-55(30-42-63)89(87-75(93)17-9-18-76(87)94)69-15-7-5-13-65(69)67-45-33-57(49-71(67)89)99(59-35-47-73(91)79(97)51-59)81-21-11-23-83-85(81)86-82(22-12-24-84(86)103-83)100(60-36-48-74(92)80(98)52-60)58-34-46-68-66-14-6-8-16-70(66)90(72(68)50-58,88-77(95)19-10-20-78(88)96)56-31-43-64(44-32-56)102-62-39-27-54(4-2)28-40-62/h3-52H,1-2H2. The van der Waals surface area contributed by atoms with Crippen molar-refractivity contribution in [3.8, 4) is 45.3 Å². The molecule has 498 valence electrons. The fourth-order valence-electron chi connectivity index (χ4n) is 15.4.